The molecule has 2 saturated heterocycles. The maximum absolute atomic E-state index is 12.9. The van der Waals surface area contributed by atoms with Gasteiger partial charge in [0.15, 0.2) is 0 Å². The predicted molar refractivity (Wildman–Crippen MR) is 111 cm³/mol. The normalized spacial score (nSPS) is 25.6. The summed E-state index contributed by atoms with van der Waals surface area (Å²) in [4.78, 5) is 13.5. The van der Waals surface area contributed by atoms with Crippen molar-refractivity contribution in [2.75, 3.05) is 26.2 Å². The molecule has 3 heterocycles. The van der Waals surface area contributed by atoms with Crippen LogP contribution < -0.4 is 0 Å². The molecule has 29 heavy (non-hydrogen) atoms. The Morgan fingerprint density at radius 1 is 1.17 bits per heavy atom. The highest BCUT2D eigenvalue weighted by Gasteiger charge is 2.53. The van der Waals surface area contributed by atoms with E-state index in [9.17, 15) is 13.2 Å². The second kappa shape index (κ2) is 7.25. The van der Waals surface area contributed by atoms with Crippen LogP contribution >= 0.6 is 0 Å². The summed E-state index contributed by atoms with van der Waals surface area (Å²) in [7, 11) is -3.90. The summed E-state index contributed by atoms with van der Waals surface area (Å²) in [5.41, 5.74) is -0.445. The minimum atomic E-state index is -3.47. The van der Waals surface area contributed by atoms with Crippen molar-refractivity contribution in [2.24, 2.45) is 0 Å². The summed E-state index contributed by atoms with van der Waals surface area (Å²) in [5.74, 6) is 0. The van der Waals surface area contributed by atoms with Gasteiger partial charge in [-0.05, 0) is 60.4 Å². The molecule has 164 valence electrons. The molecule has 8 nitrogen and oxygen atoms in total. The zero-order chi connectivity index (χ0) is 21.8. The van der Waals surface area contributed by atoms with E-state index in [2.05, 4.69) is 0 Å². The molecule has 0 aromatic heterocycles. The molecule has 0 spiro atoms. The van der Waals surface area contributed by atoms with Crippen molar-refractivity contribution in [1.82, 2.24) is 9.21 Å². The van der Waals surface area contributed by atoms with E-state index in [-0.39, 0.29) is 13.1 Å². The van der Waals surface area contributed by atoms with Crippen molar-refractivity contribution >= 4 is 23.2 Å². The molecule has 0 radical (unpaired) electrons. The number of hydrogen-bond donors (Lipinski definition) is 0. The molecule has 0 aliphatic carbocycles. The second-order valence-electron chi connectivity index (χ2n) is 10.0. The van der Waals surface area contributed by atoms with E-state index in [1.807, 2.05) is 33.8 Å². The van der Waals surface area contributed by atoms with Crippen LogP contribution in [-0.2, 0) is 24.1 Å². The quantitative estimate of drug-likeness (QED) is 0.641. The molecule has 0 bridgehead atoms. The van der Waals surface area contributed by atoms with Gasteiger partial charge in [-0.3, -0.25) is 0 Å². The van der Waals surface area contributed by atoms with E-state index >= 15 is 0 Å². The highest BCUT2D eigenvalue weighted by Crippen LogP contribution is 2.39. The first-order chi connectivity index (χ1) is 13.1. The van der Waals surface area contributed by atoms with Gasteiger partial charge in [0.05, 0.1) is 11.2 Å². The number of rotatable bonds is 3. The molecule has 3 rings (SSSR count). The van der Waals surface area contributed by atoms with Crippen LogP contribution in [0.5, 0.6) is 0 Å². The molecule has 10 heteroatoms. The Bertz CT molecular complexity index is 780. The monoisotopic (exact) mass is 428 g/mol. The maximum atomic E-state index is 12.9. The molecule has 0 aromatic carbocycles. The summed E-state index contributed by atoms with van der Waals surface area (Å²) >= 11 is 0. The SMILES string of the molecule is CC(C)(C)OC(=O)N1CC(S(=O)(=O)N2CC=C(B3OC(C)(C)C(C)(C)O3)CC2)C1. The van der Waals surface area contributed by atoms with Gasteiger partial charge in [-0.15, -0.1) is 0 Å². The van der Waals surface area contributed by atoms with Crippen LogP contribution in [0.4, 0.5) is 4.79 Å². The molecule has 0 atom stereocenters. The lowest BCUT2D eigenvalue weighted by molar-refractivity contribution is 0.00578. The van der Waals surface area contributed by atoms with Gasteiger partial charge in [0.2, 0.25) is 10.0 Å². The molecule has 3 aliphatic heterocycles. The highest BCUT2D eigenvalue weighted by atomic mass is 32.2. The van der Waals surface area contributed by atoms with Gasteiger partial charge in [-0.1, -0.05) is 6.08 Å². The van der Waals surface area contributed by atoms with E-state index in [0.29, 0.717) is 19.5 Å². The maximum Gasteiger partial charge on any atom is 0.490 e. The van der Waals surface area contributed by atoms with E-state index in [1.165, 1.54) is 9.21 Å². The van der Waals surface area contributed by atoms with E-state index in [1.54, 1.807) is 20.8 Å². The summed E-state index contributed by atoms with van der Waals surface area (Å²) in [6.07, 6.45) is 2.00. The van der Waals surface area contributed by atoms with Gasteiger partial charge in [-0.25, -0.2) is 13.2 Å². The van der Waals surface area contributed by atoms with Crippen molar-refractivity contribution in [2.45, 2.75) is 76.9 Å². The average Bonchev–Trinajstić information content (AvgIpc) is 2.72. The largest absolute Gasteiger partial charge is 0.490 e. The smallest absolute Gasteiger partial charge is 0.444 e. The number of nitrogens with zero attached hydrogens (tertiary/aromatic N) is 2. The van der Waals surface area contributed by atoms with Crippen LogP contribution in [0.3, 0.4) is 0 Å². The van der Waals surface area contributed by atoms with Gasteiger partial charge in [-0.2, -0.15) is 4.31 Å². The summed E-state index contributed by atoms with van der Waals surface area (Å²) < 4.78 is 44.7. The Balaban J connectivity index is 1.56. The number of carbonyl (C=O) groups is 1. The molecule has 0 saturated carbocycles. The van der Waals surface area contributed by atoms with Crippen LogP contribution in [-0.4, -0.2) is 79.1 Å². The molecule has 3 aliphatic rings. The summed E-state index contributed by atoms with van der Waals surface area (Å²) in [6.45, 7) is 14.4. The Morgan fingerprint density at radius 3 is 2.17 bits per heavy atom. The van der Waals surface area contributed by atoms with Crippen LogP contribution in [0.1, 0.15) is 54.9 Å². The molecule has 2 fully saturated rings. The average molecular weight is 428 g/mol. The molecular weight excluding hydrogens is 395 g/mol. The third-order valence-corrected chi connectivity index (χ3v) is 8.24. The van der Waals surface area contributed by atoms with Crippen LogP contribution in [0.2, 0.25) is 0 Å². The summed E-state index contributed by atoms with van der Waals surface area (Å²) in [6, 6.07) is 0. The lowest BCUT2D eigenvalue weighted by Crippen LogP contribution is -2.61. The Morgan fingerprint density at radius 2 is 1.72 bits per heavy atom. The van der Waals surface area contributed by atoms with Crippen molar-refractivity contribution in [3.63, 3.8) is 0 Å². The number of carbonyl (C=O) groups excluding carboxylic acids is 1. The fourth-order valence-electron chi connectivity index (χ4n) is 3.42. The second-order valence-corrected chi connectivity index (χ2v) is 12.2. The lowest BCUT2D eigenvalue weighted by atomic mass is 9.75. The highest BCUT2D eigenvalue weighted by molar-refractivity contribution is 7.89. The van der Waals surface area contributed by atoms with Gasteiger partial charge in [0.1, 0.15) is 10.9 Å². The predicted octanol–water partition coefficient (Wildman–Crippen LogP) is 2.20. The van der Waals surface area contributed by atoms with Gasteiger partial charge >= 0.3 is 13.2 Å². The first kappa shape index (κ1) is 22.6. The Hall–Kier alpha value is -1.10. The third kappa shape index (κ3) is 4.50. The van der Waals surface area contributed by atoms with E-state index < -0.39 is 45.3 Å². The Labute approximate surface area is 174 Å². The zero-order valence-electron chi connectivity index (χ0n) is 18.5. The van der Waals surface area contributed by atoms with Crippen molar-refractivity contribution in [3.05, 3.63) is 11.5 Å². The molecule has 1 amide bonds. The van der Waals surface area contributed by atoms with Crippen LogP contribution in [0.25, 0.3) is 0 Å². The lowest BCUT2D eigenvalue weighted by Gasteiger charge is -2.41. The van der Waals surface area contributed by atoms with Gasteiger partial charge in [0, 0.05) is 26.2 Å². The number of hydrogen-bond acceptors (Lipinski definition) is 6. The number of ether oxygens (including phenoxy) is 1. The summed E-state index contributed by atoms with van der Waals surface area (Å²) in [5, 5.41) is -0.582. The van der Waals surface area contributed by atoms with Gasteiger partial charge in [0.25, 0.3) is 0 Å². The Kier molecular flexibility index (Phi) is 5.65. The number of sulfonamides is 1. The zero-order valence-corrected chi connectivity index (χ0v) is 19.3. The third-order valence-electron chi connectivity index (χ3n) is 6.04. The number of amides is 1. The van der Waals surface area contributed by atoms with Crippen LogP contribution in [0.15, 0.2) is 11.5 Å². The minimum Gasteiger partial charge on any atom is -0.444 e. The van der Waals surface area contributed by atoms with E-state index in [0.717, 1.165) is 5.47 Å². The number of likely N-dealkylation sites (tertiary alicyclic amines) is 1. The molecular formula is C19H33BN2O6S. The first-order valence-electron chi connectivity index (χ1n) is 10.1. The topological polar surface area (TPSA) is 85.4 Å². The van der Waals surface area contributed by atoms with E-state index in [4.69, 9.17) is 14.0 Å². The fourth-order valence-corrected chi connectivity index (χ4v) is 5.21. The van der Waals surface area contributed by atoms with Crippen molar-refractivity contribution in [3.8, 4) is 0 Å². The molecule has 0 aromatic rings. The van der Waals surface area contributed by atoms with Crippen LogP contribution in [0, 0.1) is 0 Å². The molecule has 0 unspecified atom stereocenters. The van der Waals surface area contributed by atoms with Gasteiger partial charge < -0.3 is 18.9 Å². The standard InChI is InChI=1S/C19H33BN2O6S/c1-17(2,3)26-16(23)21-12-15(13-21)29(24,25)22-10-8-14(9-11-22)20-27-18(4,5)19(6,7)28-20/h8,15H,9-13H2,1-7H3. The van der Waals surface area contributed by atoms with Crippen molar-refractivity contribution in [1.29, 1.82) is 0 Å². The molecule has 0 N–H and O–H groups in total. The fraction of sp³-hybridized carbons (Fsp3) is 0.842. The first-order valence-corrected chi connectivity index (χ1v) is 11.6. The van der Waals surface area contributed by atoms with Crippen molar-refractivity contribution < 1.29 is 27.3 Å². The minimum absolute atomic E-state index is 0.168.